The SMILES string of the molecule is CC1CCc2cc(F)ccc2N1C(=O)Cn1nc(C2CC2)ccc1=O. The third-order valence-corrected chi connectivity index (χ3v) is 5.01. The fourth-order valence-corrected chi connectivity index (χ4v) is 3.48. The molecule has 2 heterocycles. The first-order chi connectivity index (χ1) is 12.0. The second kappa shape index (κ2) is 6.10. The topological polar surface area (TPSA) is 55.2 Å². The Hall–Kier alpha value is -2.50. The fourth-order valence-electron chi connectivity index (χ4n) is 3.48. The number of rotatable bonds is 3. The Morgan fingerprint density at radius 2 is 2.04 bits per heavy atom. The van der Waals surface area contributed by atoms with Crippen molar-refractivity contribution in [1.29, 1.82) is 0 Å². The summed E-state index contributed by atoms with van der Waals surface area (Å²) in [4.78, 5) is 26.7. The number of anilines is 1. The molecule has 1 saturated carbocycles. The van der Waals surface area contributed by atoms with Crippen LogP contribution in [-0.2, 0) is 17.8 Å². The van der Waals surface area contributed by atoms with Crippen LogP contribution in [0.4, 0.5) is 10.1 Å². The molecule has 2 aliphatic rings. The Balaban J connectivity index is 1.63. The zero-order valence-corrected chi connectivity index (χ0v) is 14.1. The van der Waals surface area contributed by atoms with Gasteiger partial charge in [-0.15, -0.1) is 0 Å². The highest BCUT2D eigenvalue weighted by Crippen LogP contribution is 2.38. The minimum Gasteiger partial charge on any atom is -0.308 e. The predicted molar refractivity (Wildman–Crippen MR) is 92.1 cm³/mol. The molecule has 1 fully saturated rings. The van der Waals surface area contributed by atoms with Crippen molar-refractivity contribution in [2.45, 2.75) is 51.1 Å². The Kier molecular flexibility index (Phi) is 3.90. The van der Waals surface area contributed by atoms with Gasteiger partial charge in [-0.2, -0.15) is 5.10 Å². The number of halogens is 1. The van der Waals surface area contributed by atoms with Crippen LogP contribution in [0.2, 0.25) is 0 Å². The van der Waals surface area contributed by atoms with Gasteiger partial charge in [-0.05, 0) is 62.4 Å². The average Bonchev–Trinajstić information content (AvgIpc) is 3.42. The van der Waals surface area contributed by atoms with E-state index in [0.717, 1.165) is 42.6 Å². The Bertz CT molecular complexity index is 888. The molecule has 25 heavy (non-hydrogen) atoms. The van der Waals surface area contributed by atoms with Crippen LogP contribution in [0, 0.1) is 5.82 Å². The summed E-state index contributed by atoms with van der Waals surface area (Å²) in [5.74, 6) is -0.0714. The number of fused-ring (bicyclic) bond motifs is 1. The van der Waals surface area contributed by atoms with Crippen molar-refractivity contribution in [3.8, 4) is 0 Å². The molecule has 1 atom stereocenters. The third kappa shape index (κ3) is 3.08. The monoisotopic (exact) mass is 341 g/mol. The number of benzene rings is 1. The van der Waals surface area contributed by atoms with Crippen LogP contribution < -0.4 is 10.5 Å². The Labute approximate surface area is 145 Å². The van der Waals surface area contributed by atoms with Crippen LogP contribution >= 0.6 is 0 Å². The van der Waals surface area contributed by atoms with Crippen molar-refractivity contribution in [3.05, 3.63) is 57.8 Å². The minimum atomic E-state index is -0.296. The molecule has 1 unspecified atom stereocenters. The number of carbonyl (C=O) groups is 1. The molecule has 130 valence electrons. The molecule has 5 nitrogen and oxygen atoms in total. The second-order valence-corrected chi connectivity index (χ2v) is 6.95. The summed E-state index contributed by atoms with van der Waals surface area (Å²) in [5.41, 5.74) is 2.17. The Morgan fingerprint density at radius 3 is 2.80 bits per heavy atom. The molecule has 1 amide bonds. The lowest BCUT2D eigenvalue weighted by molar-refractivity contribution is -0.120. The molecule has 1 aliphatic heterocycles. The Morgan fingerprint density at radius 1 is 1.24 bits per heavy atom. The largest absolute Gasteiger partial charge is 0.308 e. The van der Waals surface area contributed by atoms with Gasteiger partial charge in [0.15, 0.2) is 0 Å². The van der Waals surface area contributed by atoms with Crippen molar-refractivity contribution < 1.29 is 9.18 Å². The van der Waals surface area contributed by atoms with E-state index in [1.165, 1.54) is 22.9 Å². The molecular formula is C19H20FN3O2. The van der Waals surface area contributed by atoms with Crippen LogP contribution in [0.15, 0.2) is 35.1 Å². The molecule has 1 aromatic heterocycles. The maximum Gasteiger partial charge on any atom is 0.267 e. The lowest BCUT2D eigenvalue weighted by atomic mass is 9.96. The second-order valence-electron chi connectivity index (χ2n) is 6.95. The number of aromatic nitrogens is 2. The number of hydrogen-bond acceptors (Lipinski definition) is 3. The highest BCUT2D eigenvalue weighted by Gasteiger charge is 2.30. The first kappa shape index (κ1) is 16.0. The van der Waals surface area contributed by atoms with Gasteiger partial charge < -0.3 is 4.90 Å². The van der Waals surface area contributed by atoms with E-state index < -0.39 is 0 Å². The smallest absolute Gasteiger partial charge is 0.267 e. The summed E-state index contributed by atoms with van der Waals surface area (Å²) in [6.07, 6.45) is 3.68. The average molecular weight is 341 g/mol. The first-order valence-corrected chi connectivity index (χ1v) is 8.71. The standard InChI is InChI=1S/C19H20FN3O2/c1-12-2-3-14-10-15(20)6-8-17(14)23(12)19(25)11-22-18(24)9-7-16(21-22)13-4-5-13/h6-10,12-13H,2-5,11H2,1H3. The molecule has 0 radical (unpaired) electrons. The van der Waals surface area contributed by atoms with E-state index in [0.29, 0.717) is 5.92 Å². The van der Waals surface area contributed by atoms with Crippen molar-refractivity contribution >= 4 is 11.6 Å². The number of hydrogen-bond donors (Lipinski definition) is 0. The van der Waals surface area contributed by atoms with Gasteiger partial charge in [-0.25, -0.2) is 9.07 Å². The molecule has 0 saturated heterocycles. The summed E-state index contributed by atoms with van der Waals surface area (Å²) in [6.45, 7) is 1.88. The van der Waals surface area contributed by atoms with Crippen molar-refractivity contribution in [2.24, 2.45) is 0 Å². The van der Waals surface area contributed by atoms with Crippen molar-refractivity contribution in [3.63, 3.8) is 0 Å². The maximum absolute atomic E-state index is 13.5. The summed E-state index contributed by atoms with van der Waals surface area (Å²) in [6, 6.07) is 7.75. The van der Waals surface area contributed by atoms with Gasteiger partial charge in [-0.3, -0.25) is 9.59 Å². The van der Waals surface area contributed by atoms with Gasteiger partial charge in [0.05, 0.1) is 5.69 Å². The zero-order valence-electron chi connectivity index (χ0n) is 14.1. The van der Waals surface area contributed by atoms with E-state index in [2.05, 4.69) is 5.10 Å². The number of carbonyl (C=O) groups excluding carboxylic acids is 1. The molecule has 2 aromatic rings. The molecular weight excluding hydrogens is 321 g/mol. The summed E-state index contributed by atoms with van der Waals surface area (Å²) in [7, 11) is 0. The fraction of sp³-hybridized carbons (Fsp3) is 0.421. The van der Waals surface area contributed by atoms with Gasteiger partial charge >= 0.3 is 0 Å². The molecule has 0 N–H and O–H groups in total. The summed E-state index contributed by atoms with van der Waals surface area (Å²) in [5, 5.41) is 4.36. The van der Waals surface area contributed by atoms with Crippen LogP contribution in [0.25, 0.3) is 0 Å². The van der Waals surface area contributed by atoms with Crippen LogP contribution in [0.5, 0.6) is 0 Å². The van der Waals surface area contributed by atoms with Crippen LogP contribution in [-0.4, -0.2) is 21.7 Å². The van der Waals surface area contributed by atoms with Gasteiger partial charge in [0.25, 0.3) is 5.56 Å². The van der Waals surface area contributed by atoms with Gasteiger partial charge in [0.2, 0.25) is 5.91 Å². The van der Waals surface area contributed by atoms with E-state index >= 15 is 0 Å². The number of aryl methyl sites for hydroxylation is 1. The summed E-state index contributed by atoms with van der Waals surface area (Å²) >= 11 is 0. The van der Waals surface area contributed by atoms with Crippen molar-refractivity contribution in [1.82, 2.24) is 9.78 Å². The molecule has 6 heteroatoms. The summed E-state index contributed by atoms with van der Waals surface area (Å²) < 4.78 is 14.7. The van der Waals surface area contributed by atoms with E-state index in [1.54, 1.807) is 17.0 Å². The highest BCUT2D eigenvalue weighted by atomic mass is 19.1. The van der Waals surface area contributed by atoms with E-state index in [1.807, 2.05) is 6.92 Å². The first-order valence-electron chi connectivity index (χ1n) is 8.71. The molecule has 1 aliphatic carbocycles. The lowest BCUT2D eigenvalue weighted by Gasteiger charge is -2.35. The lowest BCUT2D eigenvalue weighted by Crippen LogP contribution is -2.45. The molecule has 0 bridgehead atoms. The maximum atomic E-state index is 13.5. The van der Waals surface area contributed by atoms with Crippen LogP contribution in [0.1, 0.15) is 43.4 Å². The van der Waals surface area contributed by atoms with E-state index in [9.17, 15) is 14.0 Å². The van der Waals surface area contributed by atoms with Crippen LogP contribution in [0.3, 0.4) is 0 Å². The normalized spacial score (nSPS) is 19.6. The number of amides is 1. The van der Waals surface area contributed by atoms with Gasteiger partial charge in [0.1, 0.15) is 12.4 Å². The van der Waals surface area contributed by atoms with E-state index in [-0.39, 0.29) is 29.9 Å². The molecule has 4 rings (SSSR count). The minimum absolute atomic E-state index is 0.00720. The number of nitrogens with zero attached hydrogens (tertiary/aromatic N) is 3. The third-order valence-electron chi connectivity index (χ3n) is 5.01. The quantitative estimate of drug-likeness (QED) is 0.862. The molecule has 0 spiro atoms. The van der Waals surface area contributed by atoms with Gasteiger partial charge in [0, 0.05) is 23.7 Å². The zero-order chi connectivity index (χ0) is 17.6. The van der Waals surface area contributed by atoms with E-state index in [4.69, 9.17) is 0 Å². The van der Waals surface area contributed by atoms with Gasteiger partial charge in [-0.1, -0.05) is 0 Å². The predicted octanol–water partition coefficient (Wildman–Crippen LogP) is 2.63. The molecule has 1 aromatic carbocycles. The van der Waals surface area contributed by atoms with Crippen molar-refractivity contribution in [2.75, 3.05) is 4.90 Å². The highest BCUT2D eigenvalue weighted by molar-refractivity contribution is 5.95.